The predicted molar refractivity (Wildman–Crippen MR) is 112 cm³/mol. The average molecular weight is 375 g/mol. The maximum absolute atomic E-state index is 12.7. The van der Waals surface area contributed by atoms with E-state index in [1.54, 1.807) is 6.07 Å². The highest BCUT2D eigenvalue weighted by molar-refractivity contribution is 6.04. The van der Waals surface area contributed by atoms with Gasteiger partial charge in [0.15, 0.2) is 0 Å². The number of ether oxygens (including phenoxy) is 2. The average Bonchev–Trinajstić information content (AvgIpc) is 2.69. The van der Waals surface area contributed by atoms with Crippen molar-refractivity contribution in [1.82, 2.24) is 0 Å². The fraction of sp³-hybridized carbons (Fsp3) is 0.208. The normalized spacial score (nSPS) is 10.4. The topological polar surface area (TPSA) is 47.6 Å². The highest BCUT2D eigenvalue weighted by atomic mass is 16.5. The number of carbonyl (C=O) groups is 1. The Morgan fingerprint density at radius 1 is 0.929 bits per heavy atom. The Labute approximate surface area is 166 Å². The maximum atomic E-state index is 12.7. The summed E-state index contributed by atoms with van der Waals surface area (Å²) in [4.78, 5) is 12.7. The van der Waals surface area contributed by atoms with Gasteiger partial charge in [0.1, 0.15) is 18.1 Å². The molecule has 0 bridgehead atoms. The molecule has 1 N–H and O–H groups in total. The van der Waals surface area contributed by atoms with Crippen molar-refractivity contribution in [3.8, 4) is 11.5 Å². The summed E-state index contributed by atoms with van der Waals surface area (Å²) in [5.41, 5.74) is 4.35. The molecule has 0 aliphatic rings. The van der Waals surface area contributed by atoms with Crippen LogP contribution >= 0.6 is 0 Å². The standard InChI is InChI=1S/C24H25NO3/c1-4-27-23-13-12-19(24(26)25-22-11-6-5-9-18(22)3)15-20(23)16-28-21-10-7-8-17(2)14-21/h5-15H,4,16H2,1-3H3,(H,25,26). The van der Waals surface area contributed by atoms with Crippen LogP contribution in [0.3, 0.4) is 0 Å². The summed E-state index contributed by atoms with van der Waals surface area (Å²) < 4.78 is 11.6. The number of benzene rings is 3. The summed E-state index contributed by atoms with van der Waals surface area (Å²) in [7, 11) is 0. The first-order chi connectivity index (χ1) is 13.6. The van der Waals surface area contributed by atoms with Gasteiger partial charge in [-0.25, -0.2) is 0 Å². The van der Waals surface area contributed by atoms with Crippen LogP contribution in [-0.2, 0) is 6.61 Å². The number of hydrogen-bond acceptors (Lipinski definition) is 3. The van der Waals surface area contributed by atoms with Gasteiger partial charge in [-0.3, -0.25) is 4.79 Å². The van der Waals surface area contributed by atoms with E-state index in [9.17, 15) is 4.79 Å². The molecular formula is C24H25NO3. The lowest BCUT2D eigenvalue weighted by molar-refractivity contribution is 0.102. The fourth-order valence-electron chi connectivity index (χ4n) is 2.90. The summed E-state index contributed by atoms with van der Waals surface area (Å²) in [6.45, 7) is 6.80. The number of carbonyl (C=O) groups excluding carboxylic acids is 1. The number of hydrogen-bond donors (Lipinski definition) is 1. The minimum atomic E-state index is -0.158. The van der Waals surface area contributed by atoms with Crippen LogP contribution in [-0.4, -0.2) is 12.5 Å². The van der Waals surface area contributed by atoms with Crippen LogP contribution < -0.4 is 14.8 Å². The number of rotatable bonds is 7. The molecule has 3 rings (SSSR count). The Bertz CT molecular complexity index is 966. The first-order valence-corrected chi connectivity index (χ1v) is 9.39. The Morgan fingerprint density at radius 3 is 2.50 bits per heavy atom. The zero-order chi connectivity index (χ0) is 19.9. The van der Waals surface area contributed by atoms with Crippen molar-refractivity contribution >= 4 is 11.6 Å². The van der Waals surface area contributed by atoms with Crippen LogP contribution in [0, 0.1) is 13.8 Å². The smallest absolute Gasteiger partial charge is 0.255 e. The van der Waals surface area contributed by atoms with Gasteiger partial charge in [-0.2, -0.15) is 0 Å². The molecule has 0 unspecified atom stereocenters. The van der Waals surface area contributed by atoms with Crippen LogP contribution in [0.15, 0.2) is 66.7 Å². The first-order valence-electron chi connectivity index (χ1n) is 9.39. The first kappa shape index (κ1) is 19.5. The van der Waals surface area contributed by atoms with Crippen molar-refractivity contribution < 1.29 is 14.3 Å². The molecule has 0 aliphatic carbocycles. The summed E-state index contributed by atoms with van der Waals surface area (Å²) in [5, 5.41) is 2.97. The van der Waals surface area contributed by atoms with Crippen molar-refractivity contribution in [2.45, 2.75) is 27.4 Å². The van der Waals surface area contributed by atoms with E-state index < -0.39 is 0 Å². The van der Waals surface area contributed by atoms with Gasteiger partial charge in [0.05, 0.1) is 6.61 Å². The highest BCUT2D eigenvalue weighted by Gasteiger charge is 2.12. The molecule has 0 saturated carbocycles. The third-order valence-electron chi connectivity index (χ3n) is 4.40. The summed E-state index contributed by atoms with van der Waals surface area (Å²) in [6.07, 6.45) is 0. The second-order valence-corrected chi connectivity index (χ2v) is 6.63. The van der Waals surface area contributed by atoms with Gasteiger partial charge in [0, 0.05) is 16.8 Å². The molecule has 0 aliphatic heterocycles. The van der Waals surface area contributed by atoms with Crippen molar-refractivity contribution in [2.24, 2.45) is 0 Å². The minimum Gasteiger partial charge on any atom is -0.493 e. The molecule has 0 atom stereocenters. The Morgan fingerprint density at radius 2 is 1.75 bits per heavy atom. The lowest BCUT2D eigenvalue weighted by Gasteiger charge is -2.14. The van der Waals surface area contributed by atoms with Crippen LogP contribution in [0.1, 0.15) is 34.0 Å². The van der Waals surface area contributed by atoms with E-state index >= 15 is 0 Å². The van der Waals surface area contributed by atoms with Gasteiger partial charge in [0.2, 0.25) is 0 Å². The molecule has 144 valence electrons. The zero-order valence-electron chi connectivity index (χ0n) is 16.5. The lowest BCUT2D eigenvalue weighted by Crippen LogP contribution is -2.13. The minimum absolute atomic E-state index is 0.158. The molecule has 0 fully saturated rings. The molecule has 4 nitrogen and oxygen atoms in total. The molecule has 3 aromatic rings. The fourth-order valence-corrected chi connectivity index (χ4v) is 2.90. The second-order valence-electron chi connectivity index (χ2n) is 6.63. The van der Waals surface area contributed by atoms with Crippen LogP contribution in [0.2, 0.25) is 0 Å². The summed E-state index contributed by atoms with van der Waals surface area (Å²) in [6, 6.07) is 21.0. The number of para-hydroxylation sites is 1. The molecule has 0 saturated heterocycles. The van der Waals surface area contributed by atoms with Gasteiger partial charge in [-0.15, -0.1) is 0 Å². The number of nitrogens with one attached hydrogen (secondary N) is 1. The van der Waals surface area contributed by atoms with E-state index in [0.717, 1.165) is 33.9 Å². The summed E-state index contributed by atoms with van der Waals surface area (Å²) in [5.74, 6) is 1.36. The third-order valence-corrected chi connectivity index (χ3v) is 4.40. The van der Waals surface area contributed by atoms with E-state index in [1.807, 2.05) is 81.4 Å². The van der Waals surface area contributed by atoms with Crippen molar-refractivity contribution in [2.75, 3.05) is 11.9 Å². The van der Waals surface area contributed by atoms with Gasteiger partial charge < -0.3 is 14.8 Å². The van der Waals surface area contributed by atoms with E-state index in [-0.39, 0.29) is 5.91 Å². The Balaban J connectivity index is 1.80. The molecule has 0 spiro atoms. The quantitative estimate of drug-likeness (QED) is 0.590. The highest BCUT2D eigenvalue weighted by Crippen LogP contribution is 2.24. The van der Waals surface area contributed by atoms with Gasteiger partial charge in [0.25, 0.3) is 5.91 Å². The van der Waals surface area contributed by atoms with Crippen molar-refractivity contribution in [1.29, 1.82) is 0 Å². The molecule has 3 aromatic carbocycles. The number of amides is 1. The zero-order valence-corrected chi connectivity index (χ0v) is 16.5. The number of aryl methyl sites for hydroxylation is 2. The van der Waals surface area contributed by atoms with Crippen LogP contribution in [0.4, 0.5) is 5.69 Å². The number of anilines is 1. The third kappa shape index (κ3) is 4.92. The van der Waals surface area contributed by atoms with E-state index in [0.29, 0.717) is 18.8 Å². The largest absolute Gasteiger partial charge is 0.493 e. The Hall–Kier alpha value is -3.27. The lowest BCUT2D eigenvalue weighted by atomic mass is 10.1. The van der Waals surface area contributed by atoms with Gasteiger partial charge in [-0.1, -0.05) is 30.3 Å². The molecule has 0 heterocycles. The predicted octanol–water partition coefficient (Wildman–Crippen LogP) is 5.53. The monoisotopic (exact) mass is 375 g/mol. The van der Waals surface area contributed by atoms with E-state index in [1.165, 1.54) is 0 Å². The maximum Gasteiger partial charge on any atom is 0.255 e. The van der Waals surface area contributed by atoms with Crippen LogP contribution in [0.5, 0.6) is 11.5 Å². The second kappa shape index (κ2) is 9.09. The molecule has 0 radical (unpaired) electrons. The van der Waals surface area contributed by atoms with Crippen LogP contribution in [0.25, 0.3) is 0 Å². The van der Waals surface area contributed by atoms with Gasteiger partial charge >= 0.3 is 0 Å². The van der Waals surface area contributed by atoms with E-state index in [4.69, 9.17) is 9.47 Å². The van der Waals surface area contributed by atoms with Gasteiger partial charge in [-0.05, 0) is 68.3 Å². The molecule has 28 heavy (non-hydrogen) atoms. The molecule has 1 amide bonds. The molecule has 0 aromatic heterocycles. The SMILES string of the molecule is CCOc1ccc(C(=O)Nc2ccccc2C)cc1COc1cccc(C)c1. The van der Waals surface area contributed by atoms with Crippen molar-refractivity contribution in [3.05, 3.63) is 89.0 Å². The van der Waals surface area contributed by atoms with Crippen molar-refractivity contribution in [3.63, 3.8) is 0 Å². The molecule has 4 heteroatoms. The summed E-state index contributed by atoms with van der Waals surface area (Å²) >= 11 is 0. The molecular weight excluding hydrogens is 350 g/mol. The van der Waals surface area contributed by atoms with E-state index in [2.05, 4.69) is 5.32 Å². The Kier molecular flexibility index (Phi) is 6.33.